The third kappa shape index (κ3) is 6.97. The monoisotopic (exact) mass is 983 g/mol. The molecular formula is C64H94N4O4+2. The lowest BCUT2D eigenvalue weighted by atomic mass is 9.35. The highest BCUT2D eigenvalue weighted by Gasteiger charge is 2.72. The second-order valence-corrected chi connectivity index (χ2v) is 30.2. The van der Waals surface area contributed by atoms with Gasteiger partial charge in [0.25, 0.3) is 14.1 Å². The van der Waals surface area contributed by atoms with Crippen LogP contribution in [0.1, 0.15) is 187 Å². The van der Waals surface area contributed by atoms with Gasteiger partial charge in [0.05, 0.1) is 0 Å². The molecule has 14 atom stereocenters. The number of nitrogens with zero attached hydrogens (tertiary/aromatic N) is 3. The summed E-state index contributed by atoms with van der Waals surface area (Å²) in [5.74, 6) is 1.80. The maximum absolute atomic E-state index is 14.5. The Balaban J connectivity index is 0.000000178. The maximum Gasteiger partial charge on any atom is 0.314 e. The minimum atomic E-state index is -0.522. The van der Waals surface area contributed by atoms with Crippen LogP contribution in [0.25, 0.3) is 9.69 Å². The van der Waals surface area contributed by atoms with Gasteiger partial charge < -0.3 is 10.6 Å². The number of fused-ring (bicyclic) bond motifs is 14. The Bertz CT molecular complexity index is 2670. The quantitative estimate of drug-likeness (QED) is 0.281. The molecule has 0 amide bonds. The maximum atomic E-state index is 14.5. The SMILES string of the molecule is C[N+]#CC1=C[C@]2(C)C3=CC(=O)[C@@H]4[C@@H]5CC(C)(C)CC[C@]5(N(C)C)CC[C@@]4(C)[C@]3(C)CC[C@H]2C(C)(C)C1=O.C[N+]#CC1=C[C@]2(C)C3=CC(=O)[C@@H]4[C@@H]5CC(C)(C)CC[C@]5(N)CC[C@@]4(C)[C@]3(C)CC[C@H]2C(C)(C)C1=O. The number of hydrogen-bond donors (Lipinski definition) is 1. The molecular weight excluding hydrogens is 889 g/mol. The summed E-state index contributed by atoms with van der Waals surface area (Å²) < 4.78 is 0. The molecule has 0 radical (unpaired) electrons. The molecule has 2 N–H and O–H groups in total. The van der Waals surface area contributed by atoms with Crippen molar-refractivity contribution in [3.05, 3.63) is 56.3 Å². The molecule has 0 aliphatic heterocycles. The predicted octanol–water partition coefficient (Wildman–Crippen LogP) is 13.3. The van der Waals surface area contributed by atoms with Gasteiger partial charge in [0, 0.05) is 44.6 Å². The number of nitrogens with two attached hydrogens (primary N) is 1. The van der Waals surface area contributed by atoms with Crippen LogP contribution in [0, 0.1) is 102 Å². The molecule has 10 aliphatic rings. The van der Waals surface area contributed by atoms with Crippen molar-refractivity contribution in [2.75, 3.05) is 28.2 Å². The normalized spacial score (nSPS) is 46.7. The minimum absolute atomic E-state index is 0.0276. The van der Waals surface area contributed by atoms with E-state index in [1.807, 2.05) is 6.08 Å². The molecule has 72 heavy (non-hydrogen) atoms. The molecule has 8 heteroatoms. The Kier molecular flexibility index (Phi) is 12.1. The van der Waals surface area contributed by atoms with Gasteiger partial charge in [-0.3, -0.25) is 19.2 Å². The average molecular weight is 983 g/mol. The topological polar surface area (TPSA) is 106 Å². The summed E-state index contributed by atoms with van der Waals surface area (Å²) >= 11 is 0. The van der Waals surface area contributed by atoms with Crippen molar-refractivity contribution in [3.8, 4) is 12.1 Å². The zero-order valence-corrected chi connectivity index (χ0v) is 48.2. The van der Waals surface area contributed by atoms with Crippen LogP contribution in [0.4, 0.5) is 0 Å². The molecule has 0 aromatic carbocycles. The highest BCUT2D eigenvalue weighted by atomic mass is 16.1. The van der Waals surface area contributed by atoms with Gasteiger partial charge in [0.1, 0.15) is 11.1 Å². The van der Waals surface area contributed by atoms with Gasteiger partial charge in [-0.2, -0.15) is 0 Å². The number of allylic oxidation sites excluding steroid dienone is 8. The van der Waals surface area contributed by atoms with E-state index in [0.29, 0.717) is 22.8 Å². The van der Waals surface area contributed by atoms with Gasteiger partial charge in [-0.15, -0.1) is 0 Å². The van der Waals surface area contributed by atoms with Crippen LogP contribution >= 0.6 is 0 Å². The third-order valence-electron chi connectivity index (χ3n) is 24.9. The number of hydrogen-bond acceptors (Lipinski definition) is 6. The van der Waals surface area contributed by atoms with Crippen molar-refractivity contribution in [2.24, 2.45) is 95.4 Å². The molecule has 0 unspecified atom stereocenters. The number of rotatable bonds is 1. The van der Waals surface area contributed by atoms with Crippen molar-refractivity contribution < 1.29 is 19.2 Å². The first kappa shape index (κ1) is 53.4. The highest BCUT2D eigenvalue weighted by molar-refractivity contribution is 6.06. The van der Waals surface area contributed by atoms with Crippen LogP contribution in [0.5, 0.6) is 0 Å². The first-order chi connectivity index (χ1) is 33.1. The van der Waals surface area contributed by atoms with Gasteiger partial charge in [-0.1, -0.05) is 118 Å². The predicted molar refractivity (Wildman–Crippen MR) is 291 cm³/mol. The second-order valence-electron chi connectivity index (χ2n) is 30.2. The van der Waals surface area contributed by atoms with E-state index in [2.05, 4.69) is 156 Å². The van der Waals surface area contributed by atoms with Crippen LogP contribution in [-0.4, -0.2) is 67.3 Å². The zero-order valence-electron chi connectivity index (χ0n) is 48.2. The van der Waals surface area contributed by atoms with Crippen LogP contribution in [0.15, 0.2) is 46.6 Å². The Labute approximate surface area is 435 Å². The van der Waals surface area contributed by atoms with Crippen LogP contribution in [-0.2, 0) is 19.2 Å². The summed E-state index contributed by atoms with van der Waals surface area (Å²) in [6.07, 6.45) is 23.3. The standard InChI is InChI=1S/C33H49N2O2.C31H45N2O2/c1-28(2)13-15-33(35(9)10)16-14-32(7)26(22(33)19-28)23(36)17-25-30(5)18-21(20-34-8)27(37)29(3,4)24(30)11-12-31(25,32)6;1-26(2)11-13-31(32)14-12-30(7)24(20(31)17-26)21(34)15-23-28(5)16-19(18-33-8)25(35)27(3,4)22(28)9-10-29(23,30)6/h17-18,22,24,26H,11-16,19H2,1-10H3;15-16,20,22,24H,9-14,17,32H2,1-8H3/q2*+1/t22-,24-,26-,30-,31+,32+,33-;20-,22-,24-,28-,29+,30+,31-/m00/s1. The van der Waals surface area contributed by atoms with Crippen LogP contribution in [0.3, 0.4) is 0 Å². The van der Waals surface area contributed by atoms with E-state index >= 15 is 0 Å². The smallest absolute Gasteiger partial charge is 0.314 e. The van der Waals surface area contributed by atoms with Crippen molar-refractivity contribution in [1.29, 1.82) is 0 Å². The average Bonchev–Trinajstić information content (AvgIpc) is 3.27. The van der Waals surface area contributed by atoms with Crippen molar-refractivity contribution in [1.82, 2.24) is 4.90 Å². The van der Waals surface area contributed by atoms with Gasteiger partial charge >= 0.3 is 12.1 Å². The molecule has 0 bridgehead atoms. The fourth-order valence-electron chi connectivity index (χ4n) is 20.3. The largest absolute Gasteiger partial charge is 0.325 e. The fraction of sp³-hybridized carbons (Fsp3) is 0.781. The van der Waals surface area contributed by atoms with E-state index in [0.717, 1.165) is 77.0 Å². The Morgan fingerprint density at radius 3 is 1.33 bits per heavy atom. The zero-order chi connectivity index (χ0) is 53.2. The fourth-order valence-corrected chi connectivity index (χ4v) is 20.3. The summed E-state index contributed by atoms with van der Waals surface area (Å²) in [4.78, 5) is 66.3. The summed E-state index contributed by atoms with van der Waals surface area (Å²) in [5.41, 5.74) is 8.96. The van der Waals surface area contributed by atoms with Gasteiger partial charge in [-0.25, -0.2) is 0 Å². The van der Waals surface area contributed by atoms with Crippen molar-refractivity contribution in [2.45, 2.75) is 198 Å². The number of carbonyl (C=O) groups is 4. The first-order valence-electron chi connectivity index (χ1n) is 28.3. The Morgan fingerprint density at radius 1 is 0.528 bits per heavy atom. The van der Waals surface area contributed by atoms with E-state index in [-0.39, 0.29) is 101 Å². The third-order valence-corrected chi connectivity index (χ3v) is 24.9. The lowest BCUT2D eigenvalue weighted by Crippen LogP contribution is -2.68. The summed E-state index contributed by atoms with van der Waals surface area (Å²) in [6, 6.07) is 6.01. The van der Waals surface area contributed by atoms with Gasteiger partial charge in [0.2, 0.25) is 0 Å². The van der Waals surface area contributed by atoms with Crippen LogP contribution < -0.4 is 5.73 Å². The van der Waals surface area contributed by atoms with Crippen LogP contribution in [0.2, 0.25) is 0 Å². The molecule has 392 valence electrons. The van der Waals surface area contributed by atoms with Crippen molar-refractivity contribution >= 4 is 23.1 Å². The summed E-state index contributed by atoms with van der Waals surface area (Å²) in [7, 11) is 7.84. The number of carbonyl (C=O) groups excluding carboxylic acids is 4. The molecule has 0 saturated heterocycles. The van der Waals surface area contributed by atoms with E-state index in [1.54, 1.807) is 14.1 Å². The molecule has 0 aromatic heterocycles. The number of Topliss-reactive ketones (excluding diaryl/α,β-unsaturated/α-hetero) is 2. The molecule has 10 rings (SSSR count). The van der Waals surface area contributed by atoms with E-state index in [9.17, 15) is 19.2 Å². The highest BCUT2D eigenvalue weighted by Crippen LogP contribution is 2.76. The Morgan fingerprint density at radius 2 is 0.903 bits per heavy atom. The van der Waals surface area contributed by atoms with E-state index < -0.39 is 10.8 Å². The molecule has 6 saturated carbocycles. The van der Waals surface area contributed by atoms with E-state index in [4.69, 9.17) is 5.73 Å². The second kappa shape index (κ2) is 16.3. The minimum Gasteiger partial charge on any atom is -0.325 e. The van der Waals surface area contributed by atoms with Crippen molar-refractivity contribution in [3.63, 3.8) is 0 Å². The molecule has 8 nitrogen and oxygen atoms in total. The molecule has 10 aliphatic carbocycles. The summed E-state index contributed by atoms with van der Waals surface area (Å²) in [5, 5.41) is 0. The first-order valence-corrected chi connectivity index (χ1v) is 28.3. The molecule has 6 fully saturated rings. The molecule has 0 spiro atoms. The molecule has 0 heterocycles. The molecule has 0 aromatic rings. The van der Waals surface area contributed by atoms with Gasteiger partial charge in [-0.05, 0) is 184 Å². The number of ketones is 4. The Hall–Kier alpha value is -3.46. The lowest BCUT2D eigenvalue weighted by molar-refractivity contribution is -0.173. The van der Waals surface area contributed by atoms with E-state index in [1.165, 1.54) is 24.0 Å². The summed E-state index contributed by atoms with van der Waals surface area (Å²) in [6.45, 7) is 32.1. The van der Waals surface area contributed by atoms with Gasteiger partial charge in [0.15, 0.2) is 23.1 Å². The lowest BCUT2D eigenvalue weighted by Gasteiger charge is -2.70.